The van der Waals surface area contributed by atoms with Crippen molar-refractivity contribution in [3.63, 3.8) is 0 Å². The molecule has 1 N–H and O–H groups in total. The number of hydrogen-bond acceptors (Lipinski definition) is 2. The summed E-state index contributed by atoms with van der Waals surface area (Å²) in [6.45, 7) is 2.19. The van der Waals surface area contributed by atoms with Crippen molar-refractivity contribution in [1.82, 2.24) is 9.88 Å². The molecule has 0 saturated carbocycles. The third-order valence-electron chi connectivity index (χ3n) is 2.98. The number of aromatic nitrogens is 1. The quantitative estimate of drug-likeness (QED) is 0.778. The topological polar surface area (TPSA) is 34.0 Å². The highest BCUT2D eigenvalue weighted by atomic mass is 35.5. The van der Waals surface area contributed by atoms with Crippen molar-refractivity contribution in [1.29, 1.82) is 0 Å². The Kier molecular flexibility index (Phi) is 3.59. The maximum absolute atomic E-state index is 12.7. The summed E-state index contributed by atoms with van der Waals surface area (Å²) < 4.78 is 39.3. The average molecular weight is 269 g/mol. The molecule has 3 nitrogen and oxygen atoms in total. The van der Waals surface area contributed by atoms with Crippen molar-refractivity contribution in [3.8, 4) is 0 Å². The van der Waals surface area contributed by atoms with E-state index >= 15 is 0 Å². The Morgan fingerprint density at radius 3 is 2.41 bits per heavy atom. The predicted molar refractivity (Wildman–Crippen MR) is 59.2 cm³/mol. The minimum Gasteiger partial charge on any atom is -0.314 e. The Labute approximate surface area is 102 Å². The van der Waals surface area contributed by atoms with Crippen molar-refractivity contribution in [2.45, 2.75) is 26.2 Å². The van der Waals surface area contributed by atoms with Gasteiger partial charge < -0.3 is 9.88 Å². The summed E-state index contributed by atoms with van der Waals surface area (Å²) in [6.07, 6.45) is -4.59. The average Bonchev–Trinajstić information content (AvgIpc) is 2.61. The molecule has 0 radical (unpaired) electrons. The number of rotatable bonds is 0. The van der Waals surface area contributed by atoms with Crippen molar-refractivity contribution >= 4 is 12.4 Å². The molecule has 1 aromatic heterocycles. The molecule has 0 fully saturated rings. The number of fused-ring (bicyclic) bond motifs is 1. The normalized spacial score (nSPS) is 14.4. The van der Waals surface area contributed by atoms with Gasteiger partial charge >= 0.3 is 6.18 Å². The van der Waals surface area contributed by atoms with E-state index in [-0.39, 0.29) is 18.0 Å². The van der Waals surface area contributed by atoms with Crippen LogP contribution in [0.1, 0.15) is 22.4 Å². The molecular formula is C10H12ClF3N2O. The second-order valence-electron chi connectivity index (χ2n) is 3.89. The van der Waals surface area contributed by atoms with Crippen molar-refractivity contribution < 1.29 is 13.2 Å². The molecule has 1 aromatic rings. The van der Waals surface area contributed by atoms with Gasteiger partial charge in [-0.05, 0) is 18.1 Å². The lowest BCUT2D eigenvalue weighted by atomic mass is 10.0. The Bertz CT molecular complexity index is 508. The minimum atomic E-state index is -4.59. The van der Waals surface area contributed by atoms with Gasteiger partial charge in [0.25, 0.3) is 5.56 Å². The van der Waals surface area contributed by atoms with Gasteiger partial charge in [-0.15, -0.1) is 12.4 Å². The van der Waals surface area contributed by atoms with Crippen LogP contribution in [0.4, 0.5) is 13.2 Å². The summed E-state index contributed by atoms with van der Waals surface area (Å²) in [6, 6.07) is 0. The summed E-state index contributed by atoms with van der Waals surface area (Å²) in [5.74, 6) is 0. The van der Waals surface area contributed by atoms with E-state index in [1.54, 1.807) is 0 Å². The molecular weight excluding hydrogens is 257 g/mol. The highest BCUT2D eigenvalue weighted by molar-refractivity contribution is 5.85. The van der Waals surface area contributed by atoms with Crippen LogP contribution >= 0.6 is 12.4 Å². The van der Waals surface area contributed by atoms with E-state index in [0.29, 0.717) is 24.3 Å². The molecule has 0 bridgehead atoms. The molecule has 0 aliphatic carbocycles. The highest BCUT2D eigenvalue weighted by Crippen LogP contribution is 2.32. The molecule has 0 atom stereocenters. The van der Waals surface area contributed by atoms with Crippen LogP contribution in [0.5, 0.6) is 0 Å². The fraction of sp³-hybridized carbons (Fsp3) is 0.500. The summed E-state index contributed by atoms with van der Waals surface area (Å²) in [7, 11) is 1.38. The number of halogens is 4. The van der Waals surface area contributed by atoms with E-state index in [1.165, 1.54) is 14.0 Å². The van der Waals surface area contributed by atoms with Crippen LogP contribution in [0.2, 0.25) is 0 Å². The van der Waals surface area contributed by atoms with Gasteiger partial charge in [0.05, 0.1) is 0 Å². The van der Waals surface area contributed by atoms with E-state index in [0.717, 1.165) is 4.57 Å². The number of nitrogens with one attached hydrogen (secondary N) is 1. The zero-order chi connectivity index (χ0) is 12.1. The maximum Gasteiger partial charge on any atom is 0.421 e. The number of hydrogen-bond donors (Lipinski definition) is 1. The summed E-state index contributed by atoms with van der Waals surface area (Å²) in [5, 5.41) is 2.95. The molecule has 1 aliphatic heterocycles. The Balaban J connectivity index is 0.00000144. The van der Waals surface area contributed by atoms with E-state index in [4.69, 9.17) is 0 Å². The number of nitrogens with zero attached hydrogens (tertiary/aromatic N) is 1. The molecule has 0 saturated heterocycles. The lowest BCUT2D eigenvalue weighted by molar-refractivity contribution is -0.139. The number of pyridine rings is 1. The van der Waals surface area contributed by atoms with Crippen LogP contribution in [-0.2, 0) is 26.3 Å². The molecule has 0 unspecified atom stereocenters. The van der Waals surface area contributed by atoms with Gasteiger partial charge in [-0.3, -0.25) is 4.79 Å². The van der Waals surface area contributed by atoms with Crippen LogP contribution in [0, 0.1) is 6.92 Å². The number of alkyl halides is 3. The van der Waals surface area contributed by atoms with Gasteiger partial charge in [0.15, 0.2) is 0 Å². The third kappa shape index (κ3) is 2.07. The van der Waals surface area contributed by atoms with E-state index in [9.17, 15) is 18.0 Å². The van der Waals surface area contributed by atoms with Crippen LogP contribution in [0.3, 0.4) is 0 Å². The third-order valence-corrected chi connectivity index (χ3v) is 2.98. The van der Waals surface area contributed by atoms with E-state index in [1.807, 2.05) is 0 Å². The minimum absolute atomic E-state index is 0. The summed E-state index contributed by atoms with van der Waals surface area (Å²) in [4.78, 5) is 11.6. The summed E-state index contributed by atoms with van der Waals surface area (Å²) >= 11 is 0. The fourth-order valence-electron chi connectivity index (χ4n) is 2.12. The van der Waals surface area contributed by atoms with Gasteiger partial charge in [0.1, 0.15) is 5.56 Å². The van der Waals surface area contributed by atoms with E-state index < -0.39 is 17.3 Å². The monoisotopic (exact) mass is 268 g/mol. The zero-order valence-corrected chi connectivity index (χ0v) is 10.1. The molecule has 0 aromatic carbocycles. The van der Waals surface area contributed by atoms with Gasteiger partial charge in [0.2, 0.25) is 0 Å². The fourth-order valence-corrected chi connectivity index (χ4v) is 2.12. The molecule has 1 aliphatic rings. The second kappa shape index (κ2) is 4.34. The Hall–Kier alpha value is -1.01. The molecule has 7 heteroatoms. The molecule has 0 spiro atoms. The predicted octanol–water partition coefficient (Wildman–Crippen LogP) is 1.74. The second-order valence-corrected chi connectivity index (χ2v) is 3.89. The Morgan fingerprint density at radius 2 is 1.88 bits per heavy atom. The van der Waals surface area contributed by atoms with Gasteiger partial charge in [0, 0.05) is 25.8 Å². The molecule has 2 heterocycles. The van der Waals surface area contributed by atoms with Crippen LogP contribution in [0.15, 0.2) is 4.79 Å². The smallest absolute Gasteiger partial charge is 0.314 e. The van der Waals surface area contributed by atoms with Crippen molar-refractivity contribution in [2.75, 3.05) is 0 Å². The van der Waals surface area contributed by atoms with E-state index in [2.05, 4.69) is 5.32 Å². The first-order chi connectivity index (χ1) is 7.34. The lowest BCUT2D eigenvalue weighted by Crippen LogP contribution is -2.31. The lowest BCUT2D eigenvalue weighted by Gasteiger charge is -2.15. The van der Waals surface area contributed by atoms with Crippen LogP contribution in [-0.4, -0.2) is 4.57 Å². The standard InChI is InChI=1S/C10H11F3N2O.ClH/c1-5-6-3-14-4-7(6)15(2)9(16)8(5)10(11,12)13;/h14H,3-4H2,1-2H3;1H. The molecule has 0 amide bonds. The first-order valence-corrected chi connectivity index (χ1v) is 4.83. The highest BCUT2D eigenvalue weighted by Gasteiger charge is 2.38. The molecule has 17 heavy (non-hydrogen) atoms. The largest absolute Gasteiger partial charge is 0.421 e. The maximum atomic E-state index is 12.7. The van der Waals surface area contributed by atoms with Crippen LogP contribution < -0.4 is 10.9 Å². The summed E-state index contributed by atoms with van der Waals surface area (Å²) in [5.41, 5.74) is -0.717. The molecule has 96 valence electrons. The van der Waals surface area contributed by atoms with Gasteiger partial charge in [-0.25, -0.2) is 0 Å². The van der Waals surface area contributed by atoms with Crippen LogP contribution in [0.25, 0.3) is 0 Å². The van der Waals surface area contributed by atoms with Gasteiger partial charge in [-0.2, -0.15) is 13.2 Å². The van der Waals surface area contributed by atoms with Gasteiger partial charge in [-0.1, -0.05) is 0 Å². The zero-order valence-electron chi connectivity index (χ0n) is 9.31. The first-order valence-electron chi connectivity index (χ1n) is 4.83. The SMILES string of the molecule is Cc1c2c(n(C)c(=O)c1C(F)(F)F)CNC2.Cl. The van der Waals surface area contributed by atoms with Crippen molar-refractivity contribution in [3.05, 3.63) is 32.7 Å². The van der Waals surface area contributed by atoms with Crippen molar-refractivity contribution in [2.24, 2.45) is 7.05 Å². The first kappa shape index (κ1) is 14.1. The Morgan fingerprint density at radius 1 is 1.29 bits per heavy atom. The molecule has 2 rings (SSSR count).